The van der Waals surface area contributed by atoms with Gasteiger partial charge >= 0.3 is 0 Å². The van der Waals surface area contributed by atoms with Gasteiger partial charge in [0, 0.05) is 38.0 Å². The van der Waals surface area contributed by atoms with Crippen LogP contribution in [0.25, 0.3) is 0 Å². The summed E-state index contributed by atoms with van der Waals surface area (Å²) < 4.78 is 0. The summed E-state index contributed by atoms with van der Waals surface area (Å²) in [4.78, 5) is 7.00. The summed E-state index contributed by atoms with van der Waals surface area (Å²) in [6.07, 6.45) is 4.24. The van der Waals surface area contributed by atoms with Crippen LogP contribution < -0.4 is 10.2 Å². The lowest BCUT2D eigenvalue weighted by atomic mass is 9.98. The Kier molecular flexibility index (Phi) is 5.22. The Morgan fingerprint density at radius 2 is 2.19 bits per heavy atom. The Morgan fingerprint density at radius 3 is 2.81 bits per heavy atom. The van der Waals surface area contributed by atoms with Crippen molar-refractivity contribution in [3.05, 3.63) is 23.4 Å². The maximum Gasteiger partial charge on any atom is 0.131 e. The fourth-order valence-corrected chi connectivity index (χ4v) is 2.83. The maximum atomic E-state index is 9.36. The SMILES string of the molecule is Cc1cc(CNC(C)(C)C)cnc1N1CCCC(CO)C1. The number of aromatic nitrogens is 1. The minimum atomic E-state index is 0.119. The second-order valence-corrected chi connectivity index (χ2v) is 7.22. The van der Waals surface area contributed by atoms with Crippen LogP contribution in [0.15, 0.2) is 12.3 Å². The average molecular weight is 291 g/mol. The van der Waals surface area contributed by atoms with Gasteiger partial charge in [0.1, 0.15) is 5.82 Å². The molecule has 1 aromatic rings. The molecular weight excluding hydrogens is 262 g/mol. The van der Waals surface area contributed by atoms with Gasteiger partial charge in [-0.15, -0.1) is 0 Å². The highest BCUT2D eigenvalue weighted by atomic mass is 16.3. The van der Waals surface area contributed by atoms with Gasteiger partial charge in [0.15, 0.2) is 0 Å². The smallest absolute Gasteiger partial charge is 0.131 e. The summed E-state index contributed by atoms with van der Waals surface area (Å²) in [5.74, 6) is 1.47. The number of aliphatic hydroxyl groups is 1. The van der Waals surface area contributed by atoms with E-state index in [2.05, 4.69) is 49.0 Å². The van der Waals surface area contributed by atoms with Crippen LogP contribution in [0.3, 0.4) is 0 Å². The van der Waals surface area contributed by atoms with Gasteiger partial charge in [-0.25, -0.2) is 4.98 Å². The minimum absolute atomic E-state index is 0.119. The highest BCUT2D eigenvalue weighted by molar-refractivity contribution is 5.47. The third-order valence-corrected chi connectivity index (χ3v) is 4.01. The molecule has 4 nitrogen and oxygen atoms in total. The Labute approximate surface area is 128 Å². The van der Waals surface area contributed by atoms with E-state index in [0.717, 1.165) is 38.3 Å². The molecule has 0 aliphatic carbocycles. The van der Waals surface area contributed by atoms with Crippen molar-refractivity contribution < 1.29 is 5.11 Å². The molecule has 0 aromatic carbocycles. The first-order valence-corrected chi connectivity index (χ1v) is 7.95. The number of rotatable bonds is 4. The number of nitrogens with one attached hydrogen (secondary N) is 1. The molecule has 1 aliphatic heterocycles. The molecule has 2 rings (SSSR count). The van der Waals surface area contributed by atoms with Gasteiger partial charge in [0.25, 0.3) is 0 Å². The molecule has 0 bridgehead atoms. The van der Waals surface area contributed by atoms with Crippen molar-refractivity contribution in [1.82, 2.24) is 10.3 Å². The average Bonchev–Trinajstić information content (AvgIpc) is 2.44. The van der Waals surface area contributed by atoms with Crippen LogP contribution in [-0.2, 0) is 6.54 Å². The van der Waals surface area contributed by atoms with E-state index in [0.29, 0.717) is 5.92 Å². The molecular formula is C17H29N3O. The van der Waals surface area contributed by atoms with Crippen molar-refractivity contribution in [3.8, 4) is 0 Å². The lowest BCUT2D eigenvalue weighted by Crippen LogP contribution is -2.38. The quantitative estimate of drug-likeness (QED) is 0.895. The van der Waals surface area contributed by atoms with Gasteiger partial charge in [-0.1, -0.05) is 0 Å². The number of hydrogen-bond donors (Lipinski definition) is 2. The summed E-state index contributed by atoms with van der Waals surface area (Å²) in [5.41, 5.74) is 2.57. The summed E-state index contributed by atoms with van der Waals surface area (Å²) >= 11 is 0. The molecule has 1 fully saturated rings. The predicted molar refractivity (Wildman–Crippen MR) is 87.6 cm³/mol. The molecule has 2 N–H and O–H groups in total. The summed E-state index contributed by atoms with van der Waals surface area (Å²) in [6, 6.07) is 2.23. The molecule has 1 atom stereocenters. The van der Waals surface area contributed by atoms with E-state index in [1.54, 1.807) is 0 Å². The van der Waals surface area contributed by atoms with Gasteiger partial charge in [0.2, 0.25) is 0 Å². The number of anilines is 1. The van der Waals surface area contributed by atoms with E-state index >= 15 is 0 Å². The second-order valence-electron chi connectivity index (χ2n) is 7.22. The van der Waals surface area contributed by atoms with Crippen LogP contribution in [0, 0.1) is 12.8 Å². The molecule has 1 saturated heterocycles. The summed E-state index contributed by atoms with van der Waals surface area (Å²) in [5, 5.41) is 12.9. The Hall–Kier alpha value is -1.13. The first-order chi connectivity index (χ1) is 9.89. The fraction of sp³-hybridized carbons (Fsp3) is 0.706. The van der Waals surface area contributed by atoms with E-state index in [4.69, 9.17) is 0 Å². The monoisotopic (exact) mass is 291 g/mol. The molecule has 4 heteroatoms. The number of piperidine rings is 1. The zero-order valence-electron chi connectivity index (χ0n) is 13.8. The Balaban J connectivity index is 2.05. The van der Waals surface area contributed by atoms with Crippen molar-refractivity contribution in [2.24, 2.45) is 5.92 Å². The highest BCUT2D eigenvalue weighted by Gasteiger charge is 2.21. The largest absolute Gasteiger partial charge is 0.396 e. The number of aliphatic hydroxyl groups excluding tert-OH is 1. The molecule has 0 saturated carbocycles. The number of hydrogen-bond acceptors (Lipinski definition) is 4. The van der Waals surface area contributed by atoms with E-state index < -0.39 is 0 Å². The normalized spacial score (nSPS) is 19.9. The molecule has 1 aliphatic rings. The predicted octanol–water partition coefficient (Wildman–Crippen LogP) is 2.49. The minimum Gasteiger partial charge on any atom is -0.396 e. The third kappa shape index (κ3) is 4.68. The maximum absolute atomic E-state index is 9.36. The van der Waals surface area contributed by atoms with Gasteiger partial charge in [-0.3, -0.25) is 0 Å². The van der Waals surface area contributed by atoms with Gasteiger partial charge in [0.05, 0.1) is 0 Å². The van der Waals surface area contributed by atoms with Gasteiger partial charge in [-0.2, -0.15) is 0 Å². The van der Waals surface area contributed by atoms with Crippen molar-refractivity contribution in [1.29, 1.82) is 0 Å². The van der Waals surface area contributed by atoms with Crippen LogP contribution in [0.5, 0.6) is 0 Å². The van der Waals surface area contributed by atoms with E-state index in [1.165, 1.54) is 11.1 Å². The zero-order chi connectivity index (χ0) is 15.5. The molecule has 2 heterocycles. The Morgan fingerprint density at radius 1 is 1.43 bits per heavy atom. The number of nitrogens with zero attached hydrogens (tertiary/aromatic N) is 2. The summed E-state index contributed by atoms with van der Waals surface area (Å²) in [6.45, 7) is 11.7. The molecule has 1 aromatic heterocycles. The molecule has 0 amide bonds. The fourth-order valence-electron chi connectivity index (χ4n) is 2.83. The second kappa shape index (κ2) is 6.75. The number of aryl methyl sites for hydroxylation is 1. The van der Waals surface area contributed by atoms with Gasteiger partial charge in [-0.05, 0) is 63.6 Å². The van der Waals surface area contributed by atoms with Crippen molar-refractivity contribution >= 4 is 5.82 Å². The number of pyridine rings is 1. The molecule has 0 spiro atoms. The molecule has 118 valence electrons. The summed E-state index contributed by atoms with van der Waals surface area (Å²) in [7, 11) is 0. The van der Waals surface area contributed by atoms with Crippen molar-refractivity contribution in [2.75, 3.05) is 24.6 Å². The molecule has 21 heavy (non-hydrogen) atoms. The van der Waals surface area contributed by atoms with E-state index in [1.807, 2.05) is 6.20 Å². The van der Waals surface area contributed by atoms with Gasteiger partial charge < -0.3 is 15.3 Å². The first-order valence-electron chi connectivity index (χ1n) is 7.95. The first kappa shape index (κ1) is 16.2. The molecule has 1 unspecified atom stereocenters. The zero-order valence-corrected chi connectivity index (χ0v) is 13.8. The van der Waals surface area contributed by atoms with Crippen LogP contribution in [-0.4, -0.2) is 35.3 Å². The van der Waals surface area contributed by atoms with Crippen molar-refractivity contribution in [3.63, 3.8) is 0 Å². The highest BCUT2D eigenvalue weighted by Crippen LogP contribution is 2.24. The standard InChI is InChI=1S/C17H29N3O/c1-13-8-15(10-19-17(2,3)4)9-18-16(13)20-7-5-6-14(11-20)12-21/h8-9,14,19,21H,5-7,10-12H2,1-4H3. The van der Waals surface area contributed by atoms with Crippen LogP contribution in [0.4, 0.5) is 5.82 Å². The van der Waals surface area contributed by atoms with Crippen LogP contribution in [0.1, 0.15) is 44.7 Å². The lowest BCUT2D eigenvalue weighted by Gasteiger charge is -2.33. The molecule has 0 radical (unpaired) electrons. The Bertz CT molecular complexity index is 468. The third-order valence-electron chi connectivity index (χ3n) is 4.01. The lowest BCUT2D eigenvalue weighted by molar-refractivity contribution is 0.208. The van der Waals surface area contributed by atoms with Crippen LogP contribution in [0.2, 0.25) is 0 Å². The topological polar surface area (TPSA) is 48.4 Å². The van der Waals surface area contributed by atoms with Crippen molar-refractivity contribution in [2.45, 2.75) is 52.6 Å². The van der Waals surface area contributed by atoms with E-state index in [9.17, 15) is 5.11 Å². The van der Waals surface area contributed by atoms with Crippen LogP contribution >= 0.6 is 0 Å². The van der Waals surface area contributed by atoms with E-state index in [-0.39, 0.29) is 12.1 Å².